The normalized spacial score (nSPS) is 11.7. The van der Waals surface area contributed by atoms with E-state index in [1.807, 2.05) is 0 Å². The van der Waals surface area contributed by atoms with Gasteiger partial charge in [-0.2, -0.15) is 13.2 Å². The fourth-order valence-electron chi connectivity index (χ4n) is 2.04. The molecule has 8 heteroatoms. The summed E-state index contributed by atoms with van der Waals surface area (Å²) < 4.78 is 54.2. The second-order valence-electron chi connectivity index (χ2n) is 5.32. The highest BCUT2D eigenvalue weighted by Crippen LogP contribution is 2.35. The Balaban J connectivity index is 2.17. The summed E-state index contributed by atoms with van der Waals surface area (Å²) in [6, 6.07) is 6.27. The van der Waals surface area contributed by atoms with Crippen molar-refractivity contribution in [3.8, 4) is 5.75 Å². The minimum absolute atomic E-state index is 0.0822. The van der Waals surface area contributed by atoms with Gasteiger partial charge in [-0.05, 0) is 43.3 Å². The van der Waals surface area contributed by atoms with E-state index in [0.717, 1.165) is 24.3 Å². The number of halogens is 3. The van der Waals surface area contributed by atoms with Crippen molar-refractivity contribution in [3.63, 3.8) is 0 Å². The van der Waals surface area contributed by atoms with Gasteiger partial charge in [-0.15, -0.1) is 0 Å². The molecule has 0 unspecified atom stereocenters. The van der Waals surface area contributed by atoms with Gasteiger partial charge in [0.15, 0.2) is 0 Å². The first-order chi connectivity index (χ1) is 12.3. The Morgan fingerprint density at radius 2 is 2.00 bits per heavy atom. The fraction of sp³-hybridized carbons (Fsp3) is 0.278. The van der Waals surface area contributed by atoms with Gasteiger partial charge in [0.05, 0.1) is 17.9 Å². The Labute approximate surface area is 148 Å². The van der Waals surface area contributed by atoms with E-state index in [0.29, 0.717) is 11.5 Å². The van der Waals surface area contributed by atoms with Gasteiger partial charge >= 0.3 is 6.18 Å². The smallest absolute Gasteiger partial charge is 0.416 e. The molecule has 0 bridgehead atoms. The van der Waals surface area contributed by atoms with Crippen LogP contribution in [0.4, 0.5) is 18.9 Å². The third kappa shape index (κ3) is 5.66. The predicted molar refractivity (Wildman–Crippen MR) is 89.9 cm³/mol. The maximum Gasteiger partial charge on any atom is 0.416 e. The third-order valence-electron chi connectivity index (χ3n) is 3.27. The van der Waals surface area contributed by atoms with Gasteiger partial charge in [0, 0.05) is 13.2 Å². The number of carbonyl (C=O) groups is 1. The molecule has 0 radical (unpaired) electrons. The van der Waals surface area contributed by atoms with Gasteiger partial charge in [-0.1, -0.05) is 0 Å². The number of ether oxygens (including phenoxy) is 2. The first-order valence-electron chi connectivity index (χ1n) is 7.68. The number of carbonyl (C=O) groups excluding carboxylic acids is 1. The summed E-state index contributed by atoms with van der Waals surface area (Å²) in [5.74, 6) is 0.635. The Hall–Kier alpha value is -2.74. The summed E-state index contributed by atoms with van der Waals surface area (Å²) in [5, 5.41) is 2.39. The number of furan rings is 1. The van der Waals surface area contributed by atoms with Gasteiger partial charge in [-0.3, -0.25) is 4.79 Å². The van der Waals surface area contributed by atoms with Crippen LogP contribution in [0.3, 0.4) is 0 Å². The molecule has 1 heterocycles. The Bertz CT molecular complexity index is 781. The molecule has 2 rings (SSSR count). The zero-order valence-corrected chi connectivity index (χ0v) is 14.2. The van der Waals surface area contributed by atoms with E-state index >= 15 is 0 Å². The average molecular weight is 369 g/mol. The predicted octanol–water partition coefficient (Wildman–Crippen LogP) is 4.28. The molecular formula is C18H18F3NO4. The van der Waals surface area contributed by atoms with Crippen LogP contribution in [0.1, 0.15) is 17.1 Å². The van der Waals surface area contributed by atoms with Gasteiger partial charge in [-0.25, -0.2) is 0 Å². The van der Waals surface area contributed by atoms with Crippen LogP contribution in [0.15, 0.2) is 40.8 Å². The molecule has 0 atom stereocenters. The van der Waals surface area contributed by atoms with Crippen LogP contribution in [-0.2, 0) is 15.7 Å². The van der Waals surface area contributed by atoms with E-state index in [-0.39, 0.29) is 24.7 Å². The number of hydrogen-bond acceptors (Lipinski definition) is 4. The van der Waals surface area contributed by atoms with E-state index in [1.165, 1.54) is 13.2 Å². The number of nitrogens with one attached hydrogen (secondary N) is 1. The minimum atomic E-state index is -4.54. The molecule has 0 saturated heterocycles. The van der Waals surface area contributed by atoms with Crippen LogP contribution in [0.25, 0.3) is 6.08 Å². The lowest BCUT2D eigenvalue weighted by atomic mass is 10.1. The lowest BCUT2D eigenvalue weighted by Gasteiger charge is -2.14. The van der Waals surface area contributed by atoms with Crippen LogP contribution in [0.5, 0.6) is 5.75 Å². The van der Waals surface area contributed by atoms with Crippen LogP contribution < -0.4 is 10.1 Å². The van der Waals surface area contributed by atoms with Crippen molar-refractivity contribution in [2.45, 2.75) is 13.1 Å². The second kappa shape index (κ2) is 8.57. The topological polar surface area (TPSA) is 60.7 Å². The molecule has 0 spiro atoms. The average Bonchev–Trinajstić information content (AvgIpc) is 2.99. The zero-order chi connectivity index (χ0) is 19.2. The van der Waals surface area contributed by atoms with Gasteiger partial charge in [0.1, 0.15) is 23.9 Å². The number of amides is 1. The van der Waals surface area contributed by atoms with Crippen LogP contribution in [-0.4, -0.2) is 26.2 Å². The van der Waals surface area contributed by atoms with E-state index in [9.17, 15) is 18.0 Å². The lowest BCUT2D eigenvalue weighted by Crippen LogP contribution is -2.13. The monoisotopic (exact) mass is 369 g/mol. The van der Waals surface area contributed by atoms with Crippen molar-refractivity contribution in [1.82, 2.24) is 0 Å². The van der Waals surface area contributed by atoms with Crippen molar-refractivity contribution in [2.24, 2.45) is 0 Å². The van der Waals surface area contributed by atoms with E-state index in [1.54, 1.807) is 19.1 Å². The maximum atomic E-state index is 12.9. The zero-order valence-electron chi connectivity index (χ0n) is 14.2. The molecule has 2 aromatic rings. The molecule has 26 heavy (non-hydrogen) atoms. The number of alkyl halides is 3. The lowest BCUT2D eigenvalue weighted by molar-refractivity contribution is -0.137. The Morgan fingerprint density at radius 1 is 1.23 bits per heavy atom. The van der Waals surface area contributed by atoms with Crippen molar-refractivity contribution >= 4 is 17.7 Å². The molecule has 0 aliphatic heterocycles. The largest absolute Gasteiger partial charge is 0.489 e. The number of rotatable bonds is 7. The molecule has 1 amide bonds. The van der Waals surface area contributed by atoms with E-state index < -0.39 is 17.6 Å². The molecule has 0 fully saturated rings. The SMILES string of the molecule is COCCOc1ccc(C(F)(F)F)cc1NC(=O)/C=C/c1ccc(C)o1. The molecular weight excluding hydrogens is 351 g/mol. The highest BCUT2D eigenvalue weighted by Gasteiger charge is 2.31. The molecule has 5 nitrogen and oxygen atoms in total. The van der Waals surface area contributed by atoms with Gasteiger partial charge in [0.25, 0.3) is 0 Å². The number of aryl methyl sites for hydroxylation is 1. The quantitative estimate of drug-likeness (QED) is 0.584. The van der Waals surface area contributed by atoms with E-state index in [4.69, 9.17) is 13.9 Å². The summed E-state index contributed by atoms with van der Waals surface area (Å²) >= 11 is 0. The highest BCUT2D eigenvalue weighted by molar-refractivity contribution is 6.02. The molecule has 1 aromatic carbocycles. The first-order valence-corrected chi connectivity index (χ1v) is 7.68. The molecule has 1 N–H and O–H groups in total. The van der Waals surface area contributed by atoms with Crippen LogP contribution >= 0.6 is 0 Å². The molecule has 1 aromatic heterocycles. The van der Waals surface area contributed by atoms with E-state index in [2.05, 4.69) is 5.32 Å². The Morgan fingerprint density at radius 3 is 2.62 bits per heavy atom. The Kier molecular flexibility index (Phi) is 6.46. The first kappa shape index (κ1) is 19.6. The van der Waals surface area contributed by atoms with Gasteiger partial charge in [0.2, 0.25) is 5.91 Å². The molecule has 0 aliphatic rings. The van der Waals surface area contributed by atoms with Crippen LogP contribution in [0.2, 0.25) is 0 Å². The number of anilines is 1. The molecule has 0 aliphatic carbocycles. The number of hydrogen-bond donors (Lipinski definition) is 1. The van der Waals surface area contributed by atoms with Crippen molar-refractivity contribution in [1.29, 1.82) is 0 Å². The maximum absolute atomic E-state index is 12.9. The van der Waals surface area contributed by atoms with Gasteiger partial charge < -0.3 is 19.2 Å². The summed E-state index contributed by atoms with van der Waals surface area (Å²) in [5.41, 5.74) is -0.973. The molecule has 140 valence electrons. The van der Waals surface area contributed by atoms with Crippen LogP contribution in [0, 0.1) is 6.92 Å². The third-order valence-corrected chi connectivity index (χ3v) is 3.27. The van der Waals surface area contributed by atoms with Crippen molar-refractivity contribution in [3.05, 3.63) is 53.5 Å². The standard InChI is InChI=1S/C18H18F3NO4/c1-12-3-5-14(26-12)6-8-17(23)22-15-11-13(18(19,20)21)4-7-16(15)25-10-9-24-2/h3-8,11H,9-10H2,1-2H3,(H,22,23)/b8-6+. The number of benzene rings is 1. The number of methoxy groups -OCH3 is 1. The van der Waals surface area contributed by atoms with Crippen molar-refractivity contribution in [2.75, 3.05) is 25.6 Å². The summed E-state index contributed by atoms with van der Waals surface area (Å²) in [6.45, 7) is 2.14. The van der Waals surface area contributed by atoms with Crippen molar-refractivity contribution < 1.29 is 31.9 Å². The highest BCUT2D eigenvalue weighted by atomic mass is 19.4. The summed E-state index contributed by atoms with van der Waals surface area (Å²) in [4.78, 5) is 12.0. The summed E-state index contributed by atoms with van der Waals surface area (Å²) in [6.07, 6.45) is -1.95. The summed E-state index contributed by atoms with van der Waals surface area (Å²) in [7, 11) is 1.47. The fourth-order valence-corrected chi connectivity index (χ4v) is 2.04. The second-order valence-corrected chi connectivity index (χ2v) is 5.32. The molecule has 0 saturated carbocycles. The minimum Gasteiger partial charge on any atom is -0.489 e.